The fourth-order valence-electron chi connectivity index (χ4n) is 3.66. The van der Waals surface area contributed by atoms with Crippen LogP contribution in [0.2, 0.25) is 0 Å². The fourth-order valence-corrected chi connectivity index (χ4v) is 3.96. The van der Waals surface area contributed by atoms with Crippen LogP contribution in [0.1, 0.15) is 16.7 Å². The van der Waals surface area contributed by atoms with Gasteiger partial charge in [0.25, 0.3) is 5.25 Å². The Kier molecular flexibility index (Phi) is 7.92. The van der Waals surface area contributed by atoms with Gasteiger partial charge in [0.2, 0.25) is 0 Å². The van der Waals surface area contributed by atoms with Gasteiger partial charge in [0.15, 0.2) is 6.10 Å². The zero-order valence-corrected chi connectivity index (χ0v) is 18.4. The number of aliphatic hydroxyl groups is 1. The van der Waals surface area contributed by atoms with E-state index in [4.69, 9.17) is 30.5 Å². The van der Waals surface area contributed by atoms with Crippen LogP contribution in [0.15, 0.2) is 91.0 Å². The molecule has 0 aliphatic carbocycles. The zero-order chi connectivity index (χ0) is 22.2. The molecule has 6 heteroatoms. The van der Waals surface area contributed by atoms with Crippen LogP contribution in [-0.4, -0.2) is 35.3 Å². The monoisotopic (exact) mass is 454 g/mol. The molecule has 168 valence electrons. The minimum absolute atomic E-state index is 0.203. The molecule has 1 N–H and O–H groups in total. The lowest BCUT2D eigenvalue weighted by Crippen LogP contribution is -2.42. The van der Waals surface area contributed by atoms with Gasteiger partial charge in [-0.25, -0.2) is 0 Å². The average molecular weight is 455 g/mol. The van der Waals surface area contributed by atoms with E-state index >= 15 is 0 Å². The predicted octanol–water partition coefficient (Wildman–Crippen LogP) is 4.66. The molecule has 0 spiro atoms. The van der Waals surface area contributed by atoms with Crippen molar-refractivity contribution in [2.24, 2.45) is 0 Å². The molecule has 4 atom stereocenters. The molecule has 1 heterocycles. The van der Waals surface area contributed by atoms with Gasteiger partial charge in [-0.2, -0.15) is 0 Å². The molecular weight excluding hydrogens is 428 g/mol. The second kappa shape index (κ2) is 11.1. The third-order valence-electron chi connectivity index (χ3n) is 5.28. The fraction of sp³-hybridized carbons (Fsp3) is 0.308. The van der Waals surface area contributed by atoms with Crippen LogP contribution in [0.25, 0.3) is 0 Å². The van der Waals surface area contributed by atoms with Gasteiger partial charge in [-0.1, -0.05) is 103 Å². The van der Waals surface area contributed by atoms with E-state index < -0.39 is 23.6 Å². The van der Waals surface area contributed by atoms with Crippen LogP contribution >= 0.6 is 11.6 Å². The van der Waals surface area contributed by atoms with E-state index in [1.54, 1.807) is 0 Å². The summed E-state index contributed by atoms with van der Waals surface area (Å²) in [6.07, 6.45) is -2.10. The Balaban J connectivity index is 1.44. The number of benzene rings is 3. The summed E-state index contributed by atoms with van der Waals surface area (Å²) in [5, 5.41) is 8.75. The van der Waals surface area contributed by atoms with Crippen molar-refractivity contribution in [3.05, 3.63) is 108 Å². The van der Waals surface area contributed by atoms with E-state index in [0.717, 1.165) is 16.7 Å². The van der Waals surface area contributed by atoms with E-state index in [9.17, 15) is 5.11 Å². The van der Waals surface area contributed by atoms with Crippen LogP contribution in [0, 0.1) is 0 Å². The predicted molar refractivity (Wildman–Crippen MR) is 122 cm³/mol. The van der Waals surface area contributed by atoms with E-state index in [1.165, 1.54) is 0 Å². The first-order valence-electron chi connectivity index (χ1n) is 10.6. The van der Waals surface area contributed by atoms with Crippen molar-refractivity contribution >= 4 is 11.6 Å². The number of hydrogen-bond acceptors (Lipinski definition) is 5. The molecule has 0 aromatic heterocycles. The number of ether oxygens (including phenoxy) is 4. The van der Waals surface area contributed by atoms with Crippen molar-refractivity contribution in [1.82, 2.24) is 0 Å². The summed E-state index contributed by atoms with van der Waals surface area (Å²) >= 11 is 6.34. The van der Waals surface area contributed by atoms with Crippen molar-refractivity contribution < 1.29 is 24.1 Å². The van der Waals surface area contributed by atoms with Crippen molar-refractivity contribution in [3.8, 4) is 0 Å². The number of rotatable bonds is 10. The number of alkyl halides is 1. The molecular formula is C26H27ClO5. The van der Waals surface area contributed by atoms with E-state index in [-0.39, 0.29) is 13.2 Å². The first-order chi connectivity index (χ1) is 15.6. The summed E-state index contributed by atoms with van der Waals surface area (Å²) in [6, 6.07) is 29.3. The van der Waals surface area contributed by atoms with Crippen molar-refractivity contribution in [2.75, 3.05) is 6.61 Å². The van der Waals surface area contributed by atoms with Gasteiger partial charge in [0.1, 0.15) is 12.2 Å². The second-order valence-corrected chi connectivity index (χ2v) is 8.29. The molecule has 1 unspecified atom stereocenters. The average Bonchev–Trinajstić information content (AvgIpc) is 3.07. The summed E-state index contributed by atoms with van der Waals surface area (Å²) in [4.78, 5) is 0. The van der Waals surface area contributed by atoms with Crippen LogP contribution in [0.5, 0.6) is 0 Å². The molecule has 3 aromatic rings. The lowest BCUT2D eigenvalue weighted by Gasteiger charge is -2.26. The summed E-state index contributed by atoms with van der Waals surface area (Å²) < 4.78 is 23.8. The van der Waals surface area contributed by atoms with Crippen LogP contribution in [0.4, 0.5) is 0 Å². The van der Waals surface area contributed by atoms with E-state index in [2.05, 4.69) is 0 Å². The van der Waals surface area contributed by atoms with Gasteiger partial charge in [-0.15, -0.1) is 0 Å². The Morgan fingerprint density at radius 1 is 0.719 bits per heavy atom. The first kappa shape index (κ1) is 22.9. The van der Waals surface area contributed by atoms with Gasteiger partial charge in [-0.3, -0.25) is 0 Å². The maximum absolute atomic E-state index is 10.8. The molecule has 1 aliphatic rings. The molecule has 0 bridgehead atoms. The highest BCUT2D eigenvalue weighted by molar-refractivity contribution is 6.22. The Bertz CT molecular complexity index is 936. The summed E-state index contributed by atoms with van der Waals surface area (Å²) in [5.41, 5.74) is 3.01. The molecule has 4 rings (SSSR count). The van der Waals surface area contributed by atoms with Crippen molar-refractivity contribution in [1.29, 1.82) is 0 Å². The highest BCUT2D eigenvalue weighted by Gasteiger charge is 2.55. The summed E-state index contributed by atoms with van der Waals surface area (Å²) in [6.45, 7) is 1.23. The minimum atomic E-state index is -2.02. The Labute approximate surface area is 193 Å². The quantitative estimate of drug-likeness (QED) is 0.451. The standard InChI is InChI=1S/C26H27ClO5/c27-26(28)25(31-18-22-14-8-3-9-15-22)24(30-17-21-12-6-2-7-13-21)23(32-26)19-29-16-20-10-4-1-5-11-20/h1-15,23-25,28H,16-19H2/t23-,24-,25+,26?/m1/s1. The van der Waals surface area contributed by atoms with E-state index in [0.29, 0.717) is 13.2 Å². The minimum Gasteiger partial charge on any atom is -0.374 e. The number of hydrogen-bond donors (Lipinski definition) is 1. The maximum Gasteiger partial charge on any atom is 0.276 e. The topological polar surface area (TPSA) is 57.2 Å². The zero-order valence-electron chi connectivity index (χ0n) is 17.7. The Hall–Kier alpha value is -2.25. The summed E-state index contributed by atoms with van der Waals surface area (Å²) in [7, 11) is 0. The van der Waals surface area contributed by atoms with E-state index in [1.807, 2.05) is 91.0 Å². The van der Waals surface area contributed by atoms with Crippen LogP contribution in [0.3, 0.4) is 0 Å². The lowest BCUT2D eigenvalue weighted by molar-refractivity contribution is -0.186. The third-order valence-corrected chi connectivity index (χ3v) is 5.59. The third kappa shape index (κ3) is 6.17. The maximum atomic E-state index is 10.8. The smallest absolute Gasteiger partial charge is 0.276 e. The molecule has 1 aliphatic heterocycles. The highest BCUT2D eigenvalue weighted by Crippen LogP contribution is 2.37. The molecule has 5 nitrogen and oxygen atoms in total. The van der Waals surface area contributed by atoms with Gasteiger partial charge in [-0.05, 0) is 16.7 Å². The molecule has 0 amide bonds. The Morgan fingerprint density at radius 2 is 1.19 bits per heavy atom. The Morgan fingerprint density at radius 3 is 1.72 bits per heavy atom. The first-order valence-corrected chi connectivity index (χ1v) is 11.0. The van der Waals surface area contributed by atoms with Crippen molar-refractivity contribution in [3.63, 3.8) is 0 Å². The molecule has 0 radical (unpaired) electrons. The van der Waals surface area contributed by atoms with Crippen molar-refractivity contribution in [2.45, 2.75) is 43.4 Å². The molecule has 1 saturated heterocycles. The molecule has 0 saturated carbocycles. The molecule has 3 aromatic carbocycles. The largest absolute Gasteiger partial charge is 0.374 e. The van der Waals surface area contributed by atoms with Crippen LogP contribution < -0.4 is 0 Å². The molecule has 1 fully saturated rings. The lowest BCUT2D eigenvalue weighted by atomic mass is 10.1. The highest BCUT2D eigenvalue weighted by atomic mass is 35.5. The van der Waals surface area contributed by atoms with Gasteiger partial charge >= 0.3 is 0 Å². The normalized spacial score (nSPS) is 25.1. The van der Waals surface area contributed by atoms with Crippen LogP contribution in [-0.2, 0) is 38.8 Å². The van der Waals surface area contributed by atoms with Gasteiger partial charge < -0.3 is 24.1 Å². The summed E-state index contributed by atoms with van der Waals surface area (Å²) in [5.74, 6) is 0. The van der Waals surface area contributed by atoms with Gasteiger partial charge in [0.05, 0.1) is 26.4 Å². The second-order valence-electron chi connectivity index (χ2n) is 7.74. The SMILES string of the molecule is OC1(Cl)O[C@H](COCc2ccccc2)[C@@H](OCc2ccccc2)[C@@H]1OCc1ccccc1. The number of halogens is 1. The van der Waals surface area contributed by atoms with Gasteiger partial charge in [0, 0.05) is 0 Å². The molecule has 32 heavy (non-hydrogen) atoms.